The number of fused-ring (bicyclic) bond motifs is 1. The summed E-state index contributed by atoms with van der Waals surface area (Å²) in [6, 6.07) is 6.52. The van der Waals surface area contributed by atoms with E-state index in [-0.39, 0.29) is 0 Å². The van der Waals surface area contributed by atoms with Crippen molar-refractivity contribution in [1.82, 2.24) is 9.97 Å². The summed E-state index contributed by atoms with van der Waals surface area (Å²) in [7, 11) is 0. The molecular formula is C11H14N4. The zero-order valence-electron chi connectivity index (χ0n) is 8.48. The molecule has 0 saturated carbocycles. The van der Waals surface area contributed by atoms with E-state index < -0.39 is 0 Å². The zero-order chi connectivity index (χ0) is 10.3. The standard InChI is InChI=1S/C11H14N4/c12-8-4-5-15(6-8)10-3-1-2-9-11(10)14-7-13-9/h1-3,7-8H,4-6,12H2,(H,13,14). The van der Waals surface area contributed by atoms with Gasteiger partial charge in [0.2, 0.25) is 0 Å². The first-order valence-electron chi connectivity index (χ1n) is 5.27. The predicted molar refractivity (Wildman–Crippen MR) is 60.9 cm³/mol. The number of nitrogens with one attached hydrogen (secondary N) is 1. The van der Waals surface area contributed by atoms with Crippen molar-refractivity contribution in [3.8, 4) is 0 Å². The number of para-hydroxylation sites is 1. The molecule has 0 aliphatic carbocycles. The Labute approximate surface area is 88.1 Å². The quantitative estimate of drug-likeness (QED) is 0.728. The fourth-order valence-corrected chi connectivity index (χ4v) is 2.21. The van der Waals surface area contributed by atoms with Gasteiger partial charge in [-0.2, -0.15) is 0 Å². The van der Waals surface area contributed by atoms with E-state index in [0.717, 1.165) is 30.5 Å². The minimum absolute atomic E-state index is 0.305. The molecule has 15 heavy (non-hydrogen) atoms. The number of nitrogens with zero attached hydrogens (tertiary/aromatic N) is 2. The summed E-state index contributed by atoms with van der Waals surface area (Å²) in [5.74, 6) is 0. The molecular weight excluding hydrogens is 188 g/mol. The van der Waals surface area contributed by atoms with Crippen molar-refractivity contribution in [2.24, 2.45) is 5.73 Å². The molecule has 1 aromatic carbocycles. The Morgan fingerprint density at radius 1 is 1.47 bits per heavy atom. The number of imidazole rings is 1. The van der Waals surface area contributed by atoms with Gasteiger partial charge in [0, 0.05) is 19.1 Å². The highest BCUT2D eigenvalue weighted by molar-refractivity contribution is 5.88. The maximum atomic E-state index is 5.91. The highest BCUT2D eigenvalue weighted by atomic mass is 15.2. The summed E-state index contributed by atoms with van der Waals surface area (Å²) in [6.07, 6.45) is 2.81. The maximum absolute atomic E-state index is 5.91. The van der Waals surface area contributed by atoms with E-state index in [9.17, 15) is 0 Å². The monoisotopic (exact) mass is 202 g/mol. The molecule has 1 atom stereocenters. The van der Waals surface area contributed by atoms with E-state index in [0.29, 0.717) is 6.04 Å². The molecule has 2 aromatic rings. The Balaban J connectivity index is 2.06. The largest absolute Gasteiger partial charge is 0.368 e. The fourth-order valence-electron chi connectivity index (χ4n) is 2.21. The van der Waals surface area contributed by atoms with Gasteiger partial charge < -0.3 is 15.6 Å². The summed E-state index contributed by atoms with van der Waals surface area (Å²) >= 11 is 0. The predicted octanol–water partition coefficient (Wildman–Crippen LogP) is 1.10. The van der Waals surface area contributed by atoms with Crippen molar-refractivity contribution < 1.29 is 0 Å². The van der Waals surface area contributed by atoms with Gasteiger partial charge in [-0.3, -0.25) is 0 Å². The van der Waals surface area contributed by atoms with E-state index in [2.05, 4.69) is 27.0 Å². The number of anilines is 1. The van der Waals surface area contributed by atoms with Crippen LogP contribution in [0, 0.1) is 0 Å². The first kappa shape index (κ1) is 8.73. The van der Waals surface area contributed by atoms with E-state index in [1.54, 1.807) is 6.33 Å². The summed E-state index contributed by atoms with van der Waals surface area (Å²) in [4.78, 5) is 9.79. The number of hydrogen-bond acceptors (Lipinski definition) is 3. The van der Waals surface area contributed by atoms with Crippen LogP contribution in [-0.4, -0.2) is 29.1 Å². The topological polar surface area (TPSA) is 57.9 Å². The Morgan fingerprint density at radius 3 is 3.20 bits per heavy atom. The molecule has 4 heteroatoms. The van der Waals surface area contributed by atoms with Crippen LogP contribution in [0.5, 0.6) is 0 Å². The lowest BCUT2D eigenvalue weighted by atomic mass is 10.2. The molecule has 78 valence electrons. The molecule has 1 fully saturated rings. The third kappa shape index (κ3) is 1.37. The smallest absolute Gasteiger partial charge is 0.112 e. The molecule has 1 saturated heterocycles. The van der Waals surface area contributed by atoms with Gasteiger partial charge in [-0.15, -0.1) is 0 Å². The van der Waals surface area contributed by atoms with Crippen LogP contribution in [0.1, 0.15) is 6.42 Å². The second-order valence-corrected chi connectivity index (χ2v) is 4.07. The second-order valence-electron chi connectivity index (χ2n) is 4.07. The molecule has 1 aliphatic heterocycles. The molecule has 0 amide bonds. The van der Waals surface area contributed by atoms with Crippen LogP contribution in [-0.2, 0) is 0 Å². The number of H-pyrrole nitrogens is 1. The maximum Gasteiger partial charge on any atom is 0.112 e. The first-order chi connectivity index (χ1) is 7.34. The lowest BCUT2D eigenvalue weighted by Gasteiger charge is -2.18. The van der Waals surface area contributed by atoms with Crippen molar-refractivity contribution in [1.29, 1.82) is 0 Å². The molecule has 1 aliphatic rings. The van der Waals surface area contributed by atoms with Crippen LogP contribution in [0.3, 0.4) is 0 Å². The van der Waals surface area contributed by atoms with Crippen molar-refractivity contribution in [3.05, 3.63) is 24.5 Å². The molecule has 1 unspecified atom stereocenters. The third-order valence-electron chi connectivity index (χ3n) is 2.99. The van der Waals surface area contributed by atoms with Gasteiger partial charge in [0.15, 0.2) is 0 Å². The third-order valence-corrected chi connectivity index (χ3v) is 2.99. The number of aromatic nitrogens is 2. The van der Waals surface area contributed by atoms with Gasteiger partial charge in [-0.05, 0) is 18.6 Å². The minimum Gasteiger partial charge on any atom is -0.368 e. The van der Waals surface area contributed by atoms with Gasteiger partial charge in [0.1, 0.15) is 5.52 Å². The lowest BCUT2D eigenvalue weighted by Crippen LogP contribution is -2.26. The highest BCUT2D eigenvalue weighted by Crippen LogP contribution is 2.26. The zero-order valence-corrected chi connectivity index (χ0v) is 8.48. The van der Waals surface area contributed by atoms with Gasteiger partial charge >= 0.3 is 0 Å². The summed E-state index contributed by atoms with van der Waals surface area (Å²) in [5.41, 5.74) is 9.25. The first-order valence-corrected chi connectivity index (χ1v) is 5.27. The van der Waals surface area contributed by atoms with Gasteiger partial charge in [0.05, 0.1) is 17.5 Å². The van der Waals surface area contributed by atoms with E-state index in [4.69, 9.17) is 5.73 Å². The van der Waals surface area contributed by atoms with Crippen LogP contribution in [0.4, 0.5) is 5.69 Å². The average molecular weight is 202 g/mol. The molecule has 0 spiro atoms. The Bertz CT molecular complexity index is 476. The lowest BCUT2D eigenvalue weighted by molar-refractivity contribution is 0.752. The van der Waals surface area contributed by atoms with Crippen LogP contribution < -0.4 is 10.6 Å². The average Bonchev–Trinajstić information content (AvgIpc) is 2.84. The number of aromatic amines is 1. The second kappa shape index (κ2) is 3.24. The van der Waals surface area contributed by atoms with E-state index in [1.807, 2.05) is 6.07 Å². The van der Waals surface area contributed by atoms with Crippen molar-refractivity contribution in [2.75, 3.05) is 18.0 Å². The molecule has 3 N–H and O–H groups in total. The Kier molecular flexibility index (Phi) is 1.89. The molecule has 0 radical (unpaired) electrons. The minimum atomic E-state index is 0.305. The molecule has 4 nitrogen and oxygen atoms in total. The van der Waals surface area contributed by atoms with E-state index >= 15 is 0 Å². The van der Waals surface area contributed by atoms with Crippen LogP contribution in [0.25, 0.3) is 11.0 Å². The molecule has 1 aromatic heterocycles. The summed E-state index contributed by atoms with van der Waals surface area (Å²) in [5, 5.41) is 0. The molecule has 3 rings (SSSR count). The van der Waals surface area contributed by atoms with Gasteiger partial charge in [-0.1, -0.05) is 6.07 Å². The fraction of sp³-hybridized carbons (Fsp3) is 0.364. The van der Waals surface area contributed by atoms with Gasteiger partial charge in [-0.25, -0.2) is 4.98 Å². The Morgan fingerprint density at radius 2 is 2.40 bits per heavy atom. The van der Waals surface area contributed by atoms with Crippen molar-refractivity contribution in [2.45, 2.75) is 12.5 Å². The highest BCUT2D eigenvalue weighted by Gasteiger charge is 2.21. The molecule has 0 bridgehead atoms. The SMILES string of the molecule is NC1CCN(c2cccc3[nH]cnc23)C1. The van der Waals surface area contributed by atoms with Crippen molar-refractivity contribution in [3.63, 3.8) is 0 Å². The van der Waals surface area contributed by atoms with Crippen LogP contribution in [0.15, 0.2) is 24.5 Å². The number of benzene rings is 1. The van der Waals surface area contributed by atoms with Crippen LogP contribution in [0.2, 0.25) is 0 Å². The van der Waals surface area contributed by atoms with E-state index in [1.165, 1.54) is 5.69 Å². The molecule has 2 heterocycles. The number of nitrogens with two attached hydrogens (primary N) is 1. The normalized spacial score (nSPS) is 21.4. The number of hydrogen-bond donors (Lipinski definition) is 2. The summed E-state index contributed by atoms with van der Waals surface area (Å²) < 4.78 is 0. The number of rotatable bonds is 1. The van der Waals surface area contributed by atoms with Gasteiger partial charge in [0.25, 0.3) is 0 Å². The summed E-state index contributed by atoms with van der Waals surface area (Å²) in [6.45, 7) is 1.97. The van der Waals surface area contributed by atoms with Crippen LogP contribution >= 0.6 is 0 Å². The Hall–Kier alpha value is -1.55. The van der Waals surface area contributed by atoms with Crippen molar-refractivity contribution >= 4 is 16.7 Å².